The summed E-state index contributed by atoms with van der Waals surface area (Å²) < 4.78 is 6.10. The van der Waals surface area contributed by atoms with E-state index in [9.17, 15) is 4.79 Å². The van der Waals surface area contributed by atoms with Crippen LogP contribution in [-0.2, 0) is 17.8 Å². The second-order valence-corrected chi connectivity index (χ2v) is 8.02. The predicted octanol–water partition coefficient (Wildman–Crippen LogP) is 1.71. The zero-order valence-corrected chi connectivity index (χ0v) is 18.3. The molecule has 31 heavy (non-hydrogen) atoms. The van der Waals surface area contributed by atoms with Crippen molar-refractivity contribution >= 4 is 11.9 Å². The molecule has 7 heteroatoms. The van der Waals surface area contributed by atoms with Gasteiger partial charge in [0, 0.05) is 52.4 Å². The molecule has 2 heterocycles. The Morgan fingerprint density at radius 1 is 1.13 bits per heavy atom. The van der Waals surface area contributed by atoms with Gasteiger partial charge in [-0.1, -0.05) is 42.5 Å². The number of nitrogens with one attached hydrogen (secondary N) is 2. The topological polar surface area (TPSA) is 69.2 Å². The van der Waals surface area contributed by atoms with E-state index in [0.717, 1.165) is 44.3 Å². The summed E-state index contributed by atoms with van der Waals surface area (Å²) in [5, 5.41) is 6.13. The van der Waals surface area contributed by atoms with E-state index >= 15 is 0 Å². The molecular formula is C24H31N5O2. The lowest BCUT2D eigenvalue weighted by atomic mass is 10.1. The lowest BCUT2D eigenvalue weighted by molar-refractivity contribution is -0.0502. The molecule has 0 bridgehead atoms. The lowest BCUT2D eigenvalue weighted by Gasteiger charge is -2.36. The minimum absolute atomic E-state index is 0.0782. The maximum atomic E-state index is 11.9. The molecule has 2 fully saturated rings. The molecule has 2 aromatic carbocycles. The number of hydrogen-bond acceptors (Lipinski definition) is 4. The van der Waals surface area contributed by atoms with Crippen LogP contribution in [0.2, 0.25) is 0 Å². The van der Waals surface area contributed by atoms with Gasteiger partial charge in [-0.3, -0.25) is 14.7 Å². The summed E-state index contributed by atoms with van der Waals surface area (Å²) >= 11 is 0. The van der Waals surface area contributed by atoms with E-state index in [1.807, 2.05) is 31.3 Å². The Morgan fingerprint density at radius 3 is 2.71 bits per heavy atom. The molecule has 164 valence electrons. The average molecular weight is 422 g/mol. The van der Waals surface area contributed by atoms with Gasteiger partial charge in [0.25, 0.3) is 5.91 Å². The van der Waals surface area contributed by atoms with Gasteiger partial charge in [0.05, 0.1) is 18.8 Å². The van der Waals surface area contributed by atoms with Crippen molar-refractivity contribution < 1.29 is 9.53 Å². The van der Waals surface area contributed by atoms with Crippen molar-refractivity contribution in [3.8, 4) is 0 Å². The number of carbonyl (C=O) groups is 1. The van der Waals surface area contributed by atoms with Gasteiger partial charge in [0.15, 0.2) is 5.96 Å². The Bertz CT molecular complexity index is 917. The van der Waals surface area contributed by atoms with E-state index in [2.05, 4.69) is 55.8 Å². The van der Waals surface area contributed by atoms with Gasteiger partial charge in [-0.15, -0.1) is 0 Å². The zero-order valence-electron chi connectivity index (χ0n) is 18.3. The second-order valence-electron chi connectivity index (χ2n) is 8.02. The number of nitrogens with zero attached hydrogens (tertiary/aromatic N) is 3. The highest BCUT2D eigenvalue weighted by Gasteiger charge is 2.41. The Balaban J connectivity index is 1.38. The van der Waals surface area contributed by atoms with E-state index in [0.29, 0.717) is 18.2 Å². The molecular weight excluding hydrogens is 390 g/mol. The van der Waals surface area contributed by atoms with Crippen LogP contribution in [0, 0.1) is 0 Å². The lowest BCUT2D eigenvalue weighted by Crippen LogP contribution is -2.50. The average Bonchev–Trinajstić information content (AvgIpc) is 3.25. The van der Waals surface area contributed by atoms with Crippen LogP contribution < -0.4 is 10.6 Å². The largest absolute Gasteiger partial charge is 0.373 e. The summed E-state index contributed by atoms with van der Waals surface area (Å²) in [4.78, 5) is 21.2. The van der Waals surface area contributed by atoms with Crippen molar-refractivity contribution in [1.29, 1.82) is 0 Å². The summed E-state index contributed by atoms with van der Waals surface area (Å²) in [5.74, 6) is 0.786. The molecule has 2 unspecified atom stereocenters. The summed E-state index contributed by atoms with van der Waals surface area (Å²) in [7, 11) is 3.46. The number of hydrogen-bond donors (Lipinski definition) is 2. The molecule has 0 saturated carbocycles. The molecule has 0 radical (unpaired) electrons. The van der Waals surface area contributed by atoms with E-state index in [1.54, 1.807) is 7.05 Å². The molecule has 2 aliphatic rings. The Labute approximate surface area is 184 Å². The molecule has 2 N–H and O–H groups in total. The number of morpholine rings is 1. The van der Waals surface area contributed by atoms with Crippen LogP contribution in [0.1, 0.15) is 21.5 Å². The predicted molar refractivity (Wildman–Crippen MR) is 122 cm³/mol. The number of ether oxygens (including phenoxy) is 1. The molecule has 7 nitrogen and oxygen atoms in total. The summed E-state index contributed by atoms with van der Waals surface area (Å²) in [6, 6.07) is 18.6. The molecule has 2 aliphatic heterocycles. The number of fused-ring (bicyclic) bond motifs is 1. The first-order valence-electron chi connectivity index (χ1n) is 10.8. The number of guanidine groups is 1. The van der Waals surface area contributed by atoms with Crippen molar-refractivity contribution in [2.75, 3.05) is 40.3 Å². The zero-order chi connectivity index (χ0) is 21.6. The first-order chi connectivity index (χ1) is 15.2. The molecule has 0 aliphatic carbocycles. The van der Waals surface area contributed by atoms with Crippen LogP contribution in [0.15, 0.2) is 59.6 Å². The number of amides is 1. The highest BCUT2D eigenvalue weighted by atomic mass is 16.5. The maximum Gasteiger partial charge on any atom is 0.251 e. The van der Waals surface area contributed by atoms with Crippen LogP contribution in [0.5, 0.6) is 0 Å². The monoisotopic (exact) mass is 421 g/mol. The van der Waals surface area contributed by atoms with Crippen molar-refractivity contribution in [1.82, 2.24) is 20.4 Å². The van der Waals surface area contributed by atoms with Gasteiger partial charge < -0.3 is 20.3 Å². The summed E-state index contributed by atoms with van der Waals surface area (Å²) in [6.07, 6.45) is 0.188. The van der Waals surface area contributed by atoms with E-state index in [4.69, 9.17) is 4.74 Å². The Kier molecular flexibility index (Phi) is 6.84. The van der Waals surface area contributed by atoms with E-state index in [-0.39, 0.29) is 12.0 Å². The number of likely N-dealkylation sites (tertiary alicyclic amines) is 1. The highest BCUT2D eigenvalue weighted by Crippen LogP contribution is 2.24. The molecule has 1 amide bonds. The van der Waals surface area contributed by atoms with Gasteiger partial charge in [-0.05, 0) is 23.3 Å². The number of carbonyl (C=O) groups excluding carboxylic acids is 1. The molecule has 4 rings (SSSR count). The Morgan fingerprint density at radius 2 is 1.94 bits per heavy atom. The number of rotatable bonds is 5. The highest BCUT2D eigenvalue weighted by molar-refractivity contribution is 5.94. The van der Waals surface area contributed by atoms with Crippen LogP contribution in [0.25, 0.3) is 0 Å². The fourth-order valence-electron chi connectivity index (χ4n) is 4.43. The van der Waals surface area contributed by atoms with Crippen LogP contribution >= 0.6 is 0 Å². The smallest absolute Gasteiger partial charge is 0.251 e. The maximum absolute atomic E-state index is 11.9. The fourth-order valence-corrected chi connectivity index (χ4v) is 4.43. The van der Waals surface area contributed by atoms with Crippen molar-refractivity contribution in [3.63, 3.8) is 0 Å². The first-order valence-corrected chi connectivity index (χ1v) is 10.8. The van der Waals surface area contributed by atoms with E-state index in [1.165, 1.54) is 5.56 Å². The van der Waals surface area contributed by atoms with Gasteiger partial charge in [-0.25, -0.2) is 0 Å². The minimum Gasteiger partial charge on any atom is -0.373 e. The SMILES string of the molecule is CN=C(NCc1cccc(C(=O)NC)c1)N1CC2OCCN(Cc3ccccc3)C2C1. The third kappa shape index (κ3) is 5.06. The minimum atomic E-state index is -0.0782. The quantitative estimate of drug-likeness (QED) is 0.568. The van der Waals surface area contributed by atoms with Crippen LogP contribution in [-0.4, -0.2) is 74.1 Å². The molecule has 0 spiro atoms. The van der Waals surface area contributed by atoms with Crippen molar-refractivity contribution in [2.45, 2.75) is 25.2 Å². The fraction of sp³-hybridized carbons (Fsp3) is 0.417. The Hall–Kier alpha value is -2.90. The van der Waals surface area contributed by atoms with Gasteiger partial charge >= 0.3 is 0 Å². The van der Waals surface area contributed by atoms with Crippen molar-refractivity contribution in [2.24, 2.45) is 4.99 Å². The molecule has 2 aromatic rings. The van der Waals surface area contributed by atoms with Gasteiger partial charge in [0.2, 0.25) is 0 Å². The number of benzene rings is 2. The number of aliphatic imine (C=N–C) groups is 1. The summed E-state index contributed by atoms with van der Waals surface area (Å²) in [5.41, 5.74) is 3.04. The van der Waals surface area contributed by atoms with Gasteiger partial charge in [0.1, 0.15) is 0 Å². The van der Waals surface area contributed by atoms with Crippen LogP contribution in [0.4, 0.5) is 0 Å². The first kappa shape index (κ1) is 21.3. The van der Waals surface area contributed by atoms with Crippen LogP contribution in [0.3, 0.4) is 0 Å². The van der Waals surface area contributed by atoms with E-state index < -0.39 is 0 Å². The molecule has 2 saturated heterocycles. The third-order valence-corrected chi connectivity index (χ3v) is 6.02. The standard InChI is InChI=1S/C24H31N5O2/c1-25-23(30)20-10-6-9-19(13-20)14-27-24(26-2)29-16-21-22(17-29)31-12-11-28(21)15-18-7-4-3-5-8-18/h3-10,13,21-22H,11-12,14-17H2,1-2H3,(H,25,30)(H,26,27). The molecule has 2 atom stereocenters. The second kappa shape index (κ2) is 9.94. The van der Waals surface area contributed by atoms with Crippen molar-refractivity contribution in [3.05, 3.63) is 71.3 Å². The van der Waals surface area contributed by atoms with Gasteiger partial charge in [-0.2, -0.15) is 0 Å². The summed E-state index contributed by atoms with van der Waals surface area (Å²) in [6.45, 7) is 4.97. The third-order valence-electron chi connectivity index (χ3n) is 6.02. The molecule has 0 aromatic heterocycles. The normalized spacial score (nSPS) is 21.6.